The Morgan fingerprint density at radius 2 is 1.48 bits per heavy atom. The minimum absolute atomic E-state index is 0.637. The van der Waals surface area contributed by atoms with Gasteiger partial charge in [-0.05, 0) is 72.5 Å². The summed E-state index contributed by atoms with van der Waals surface area (Å²) in [5, 5.41) is 0. The van der Waals surface area contributed by atoms with E-state index in [4.69, 9.17) is 6.58 Å². The lowest BCUT2D eigenvalue weighted by atomic mass is 9.50. The summed E-state index contributed by atoms with van der Waals surface area (Å²) < 4.78 is 0. The minimum atomic E-state index is 0.637. The van der Waals surface area contributed by atoms with Crippen LogP contribution in [0.25, 0.3) is 0 Å². The summed E-state index contributed by atoms with van der Waals surface area (Å²) in [5.74, 6) is 7.07. The van der Waals surface area contributed by atoms with Gasteiger partial charge in [-0.15, -0.1) is 0 Å². The fourth-order valence-corrected chi connectivity index (χ4v) is 7.54. The molecule has 0 nitrogen and oxygen atoms in total. The molecule has 3 aliphatic rings. The number of allylic oxidation sites excluding steroid dienone is 2. The third-order valence-corrected chi connectivity index (χ3v) is 8.72. The van der Waals surface area contributed by atoms with E-state index in [0.717, 1.165) is 41.4 Å². The minimum Gasteiger partial charge on any atom is -0.0993 e. The zero-order valence-corrected chi connectivity index (χ0v) is 17.6. The van der Waals surface area contributed by atoms with Crippen LogP contribution in [0.2, 0.25) is 0 Å². The van der Waals surface area contributed by atoms with Gasteiger partial charge in [-0.2, -0.15) is 0 Å². The Hall–Kier alpha value is -0.520. The molecule has 0 aliphatic heterocycles. The maximum Gasteiger partial charge on any atom is -0.0106 e. The SMILES string of the molecule is C=C1C(C)C(C2C(C)CC(C)C(CCC)C2C)C(=C)C2CCCCC12. The van der Waals surface area contributed by atoms with Crippen molar-refractivity contribution in [2.75, 3.05) is 0 Å². The van der Waals surface area contributed by atoms with Crippen LogP contribution in [0.4, 0.5) is 0 Å². The average Bonchev–Trinajstić information content (AvgIpc) is 2.59. The molecular formula is C25H42. The van der Waals surface area contributed by atoms with Gasteiger partial charge in [0.05, 0.1) is 0 Å². The lowest BCUT2D eigenvalue weighted by Gasteiger charge is -2.54. The summed E-state index contributed by atoms with van der Waals surface area (Å²) in [4.78, 5) is 0. The molecular weight excluding hydrogens is 300 g/mol. The Balaban J connectivity index is 1.89. The predicted octanol–water partition coefficient (Wildman–Crippen LogP) is 7.52. The molecule has 9 atom stereocenters. The van der Waals surface area contributed by atoms with E-state index in [0.29, 0.717) is 11.8 Å². The molecule has 9 unspecified atom stereocenters. The van der Waals surface area contributed by atoms with Crippen LogP contribution in [0.1, 0.15) is 79.6 Å². The molecule has 0 spiro atoms. The molecule has 3 rings (SSSR count). The van der Waals surface area contributed by atoms with Gasteiger partial charge in [0.2, 0.25) is 0 Å². The fraction of sp³-hybridized carbons (Fsp3) is 0.840. The zero-order chi connectivity index (χ0) is 18.3. The quantitative estimate of drug-likeness (QED) is 0.465. The molecule has 0 radical (unpaired) electrons. The van der Waals surface area contributed by atoms with Gasteiger partial charge in [0.15, 0.2) is 0 Å². The van der Waals surface area contributed by atoms with Crippen molar-refractivity contribution in [1.29, 1.82) is 0 Å². The maximum absolute atomic E-state index is 4.76. The summed E-state index contributed by atoms with van der Waals surface area (Å²) in [7, 11) is 0. The van der Waals surface area contributed by atoms with Gasteiger partial charge in [0.1, 0.15) is 0 Å². The Morgan fingerprint density at radius 1 is 0.880 bits per heavy atom. The van der Waals surface area contributed by atoms with Crippen molar-refractivity contribution in [1.82, 2.24) is 0 Å². The molecule has 0 bridgehead atoms. The second-order valence-corrected chi connectivity index (χ2v) is 10.0. The molecule has 142 valence electrons. The van der Waals surface area contributed by atoms with Crippen molar-refractivity contribution in [2.24, 2.45) is 53.3 Å². The van der Waals surface area contributed by atoms with Crippen LogP contribution >= 0.6 is 0 Å². The van der Waals surface area contributed by atoms with Gasteiger partial charge in [-0.25, -0.2) is 0 Å². The molecule has 0 aromatic rings. The number of hydrogen-bond acceptors (Lipinski definition) is 0. The van der Waals surface area contributed by atoms with Crippen LogP contribution in [0.5, 0.6) is 0 Å². The van der Waals surface area contributed by atoms with E-state index < -0.39 is 0 Å². The summed E-state index contributed by atoms with van der Waals surface area (Å²) in [6, 6.07) is 0. The first-order valence-electron chi connectivity index (χ1n) is 11.3. The lowest BCUT2D eigenvalue weighted by molar-refractivity contribution is 0.00616. The summed E-state index contributed by atoms with van der Waals surface area (Å²) in [6.45, 7) is 21.9. The summed E-state index contributed by atoms with van der Waals surface area (Å²) >= 11 is 0. The van der Waals surface area contributed by atoms with Gasteiger partial charge in [0.25, 0.3) is 0 Å². The Bertz CT molecular complexity index is 500. The second-order valence-electron chi connectivity index (χ2n) is 10.0. The molecule has 3 aliphatic carbocycles. The summed E-state index contributed by atoms with van der Waals surface area (Å²) in [6.07, 6.45) is 9.69. The standard InChI is InChI=1S/C25H42/c1-8-11-21-15(2)14-16(3)24(19(21)6)25-18(5)17(4)22-12-9-10-13-23(22)20(25)7/h15-16,18-19,21-25H,4,7-14H2,1-3,5-6H3. The number of rotatable bonds is 3. The second kappa shape index (κ2) is 7.61. The van der Waals surface area contributed by atoms with Crippen molar-refractivity contribution >= 4 is 0 Å². The first kappa shape index (κ1) is 19.2. The Kier molecular flexibility index (Phi) is 5.86. The highest BCUT2D eigenvalue weighted by atomic mass is 14.5. The first-order chi connectivity index (χ1) is 11.9. The predicted molar refractivity (Wildman–Crippen MR) is 110 cm³/mol. The maximum atomic E-state index is 4.76. The Morgan fingerprint density at radius 3 is 2.08 bits per heavy atom. The zero-order valence-electron chi connectivity index (χ0n) is 17.6. The number of hydrogen-bond donors (Lipinski definition) is 0. The van der Waals surface area contributed by atoms with Crippen molar-refractivity contribution < 1.29 is 0 Å². The smallest absolute Gasteiger partial charge is 0.0106 e. The van der Waals surface area contributed by atoms with Gasteiger partial charge >= 0.3 is 0 Å². The van der Waals surface area contributed by atoms with E-state index in [1.165, 1.54) is 44.9 Å². The third kappa shape index (κ3) is 3.28. The average molecular weight is 343 g/mol. The normalized spacial score (nSPS) is 48.3. The van der Waals surface area contributed by atoms with E-state index in [1.54, 1.807) is 11.1 Å². The molecule has 25 heavy (non-hydrogen) atoms. The molecule has 0 amide bonds. The van der Waals surface area contributed by atoms with Crippen molar-refractivity contribution in [3.63, 3.8) is 0 Å². The van der Waals surface area contributed by atoms with Crippen LogP contribution in [0.15, 0.2) is 24.3 Å². The van der Waals surface area contributed by atoms with Crippen LogP contribution in [-0.4, -0.2) is 0 Å². The largest absolute Gasteiger partial charge is 0.0993 e. The van der Waals surface area contributed by atoms with E-state index in [1.807, 2.05) is 0 Å². The summed E-state index contributed by atoms with van der Waals surface area (Å²) in [5.41, 5.74) is 3.20. The highest BCUT2D eigenvalue weighted by molar-refractivity contribution is 5.27. The molecule has 0 aromatic heterocycles. The van der Waals surface area contributed by atoms with Crippen LogP contribution in [-0.2, 0) is 0 Å². The van der Waals surface area contributed by atoms with Crippen molar-refractivity contribution in [2.45, 2.75) is 79.6 Å². The van der Waals surface area contributed by atoms with Gasteiger partial charge in [0, 0.05) is 0 Å². The van der Waals surface area contributed by atoms with Gasteiger partial charge in [-0.3, -0.25) is 0 Å². The van der Waals surface area contributed by atoms with E-state index >= 15 is 0 Å². The van der Waals surface area contributed by atoms with E-state index in [2.05, 4.69) is 41.2 Å². The lowest BCUT2D eigenvalue weighted by Crippen LogP contribution is -2.47. The first-order valence-corrected chi connectivity index (χ1v) is 11.3. The third-order valence-electron chi connectivity index (χ3n) is 8.72. The van der Waals surface area contributed by atoms with Gasteiger partial charge < -0.3 is 0 Å². The van der Waals surface area contributed by atoms with Crippen LogP contribution in [0.3, 0.4) is 0 Å². The monoisotopic (exact) mass is 342 g/mol. The topological polar surface area (TPSA) is 0 Å². The van der Waals surface area contributed by atoms with Crippen molar-refractivity contribution in [3.05, 3.63) is 24.3 Å². The highest BCUT2D eigenvalue weighted by Gasteiger charge is 2.49. The molecule has 0 aromatic carbocycles. The van der Waals surface area contributed by atoms with E-state index in [9.17, 15) is 0 Å². The van der Waals surface area contributed by atoms with Gasteiger partial charge in [-0.1, -0.05) is 84.6 Å². The highest BCUT2D eigenvalue weighted by Crippen LogP contribution is 2.57. The van der Waals surface area contributed by atoms with Crippen LogP contribution < -0.4 is 0 Å². The molecule has 0 heterocycles. The Labute approximate surface area is 157 Å². The number of fused-ring (bicyclic) bond motifs is 1. The molecule has 0 N–H and O–H groups in total. The van der Waals surface area contributed by atoms with E-state index in [-0.39, 0.29) is 0 Å². The van der Waals surface area contributed by atoms with Crippen LogP contribution in [0, 0.1) is 53.3 Å². The molecule has 3 saturated carbocycles. The molecule has 0 saturated heterocycles. The van der Waals surface area contributed by atoms with Crippen molar-refractivity contribution in [3.8, 4) is 0 Å². The molecule has 3 fully saturated rings. The molecule has 0 heteroatoms. The fourth-order valence-electron chi connectivity index (χ4n) is 7.54.